The molecule has 0 bridgehead atoms. The lowest BCUT2D eigenvalue weighted by Gasteiger charge is -2.54. The van der Waals surface area contributed by atoms with E-state index < -0.39 is 34.3 Å². The predicted octanol–water partition coefficient (Wildman–Crippen LogP) is 3.62. The Morgan fingerprint density at radius 2 is 1.75 bits per heavy atom. The van der Waals surface area contributed by atoms with Crippen LogP contribution in [0.3, 0.4) is 0 Å². The maximum Gasteiger partial charge on any atom is 0.410 e. The number of fused-ring (bicyclic) bond motifs is 1. The van der Waals surface area contributed by atoms with Gasteiger partial charge in [-0.05, 0) is 70.6 Å². The minimum absolute atomic E-state index is 0.00833. The van der Waals surface area contributed by atoms with Gasteiger partial charge in [0.05, 0.1) is 30.4 Å². The number of alkyl halides is 3. The summed E-state index contributed by atoms with van der Waals surface area (Å²) in [6.07, 6.45) is -2.50. The van der Waals surface area contributed by atoms with Gasteiger partial charge in [0.2, 0.25) is 15.9 Å². The van der Waals surface area contributed by atoms with Crippen molar-refractivity contribution < 1.29 is 35.9 Å². The molecule has 2 aliphatic heterocycles. The highest BCUT2D eigenvalue weighted by Crippen LogP contribution is 2.49. The van der Waals surface area contributed by atoms with E-state index >= 15 is 0 Å². The number of carbonyl (C=O) groups is 2. The third-order valence-corrected chi connectivity index (χ3v) is 10.8. The van der Waals surface area contributed by atoms with Gasteiger partial charge in [0.25, 0.3) is 0 Å². The number of ether oxygens (including phenoxy) is 1. The molecule has 4 aliphatic rings. The van der Waals surface area contributed by atoms with Crippen LogP contribution < -0.4 is 0 Å². The summed E-state index contributed by atoms with van der Waals surface area (Å²) in [6, 6.07) is -1.37. The van der Waals surface area contributed by atoms with E-state index in [9.17, 15) is 31.2 Å². The Hall–Kier alpha value is -1.56. The highest BCUT2D eigenvalue weighted by atomic mass is 32.2. The third kappa shape index (κ3) is 5.35. The van der Waals surface area contributed by atoms with Gasteiger partial charge in [-0.15, -0.1) is 0 Å². The van der Waals surface area contributed by atoms with Crippen LogP contribution in [0.1, 0.15) is 65.7 Å². The smallest absolute Gasteiger partial charge is 0.410 e. The maximum atomic E-state index is 14.0. The lowest BCUT2D eigenvalue weighted by Crippen LogP contribution is -2.67. The summed E-state index contributed by atoms with van der Waals surface area (Å²) in [7, 11) is -3.53. The number of nitrogens with zero attached hydrogens (tertiary/aromatic N) is 3. The average molecular weight is 538 g/mol. The van der Waals surface area contributed by atoms with Crippen LogP contribution >= 0.6 is 0 Å². The van der Waals surface area contributed by atoms with Crippen molar-refractivity contribution in [2.75, 3.05) is 25.4 Å². The van der Waals surface area contributed by atoms with E-state index in [1.165, 1.54) is 11.2 Å². The Bertz CT molecular complexity index is 946. The van der Waals surface area contributed by atoms with Crippen molar-refractivity contribution in [1.82, 2.24) is 14.1 Å². The Kier molecular flexibility index (Phi) is 7.86. The number of carbonyl (C=O) groups excluding carboxylic acids is 2. The van der Waals surface area contributed by atoms with Crippen molar-refractivity contribution in [1.29, 1.82) is 0 Å². The molecule has 0 aromatic heterocycles. The van der Waals surface area contributed by atoms with E-state index in [0.29, 0.717) is 38.6 Å². The van der Waals surface area contributed by atoms with Gasteiger partial charge in [-0.25, -0.2) is 13.2 Å². The molecular weight excluding hydrogens is 499 g/mol. The zero-order valence-electron chi connectivity index (χ0n) is 21.2. The molecule has 36 heavy (non-hydrogen) atoms. The summed E-state index contributed by atoms with van der Waals surface area (Å²) in [4.78, 5) is 28.8. The largest absolute Gasteiger partial charge is 0.450 e. The van der Waals surface area contributed by atoms with Crippen molar-refractivity contribution in [3.05, 3.63) is 0 Å². The molecule has 4 fully saturated rings. The number of halogens is 3. The Balaban J connectivity index is 1.59. The fourth-order valence-corrected chi connectivity index (χ4v) is 9.10. The molecule has 206 valence electrons. The van der Waals surface area contributed by atoms with Gasteiger partial charge in [-0.1, -0.05) is 0 Å². The van der Waals surface area contributed by atoms with Crippen LogP contribution in [0.2, 0.25) is 0 Å². The number of sulfonamides is 1. The van der Waals surface area contributed by atoms with Crippen molar-refractivity contribution in [2.45, 2.75) is 96.1 Å². The van der Waals surface area contributed by atoms with Crippen molar-refractivity contribution in [3.63, 3.8) is 0 Å². The molecule has 2 amide bonds. The van der Waals surface area contributed by atoms with Crippen LogP contribution in [-0.4, -0.2) is 90.3 Å². The fourth-order valence-electron chi connectivity index (χ4n) is 7.33. The van der Waals surface area contributed by atoms with E-state index in [1.807, 2.05) is 11.8 Å². The summed E-state index contributed by atoms with van der Waals surface area (Å²) in [5.74, 6) is -2.03. The fraction of sp³-hybridized carbons (Fsp3) is 0.917. The Morgan fingerprint density at radius 1 is 1.03 bits per heavy atom. The van der Waals surface area contributed by atoms with Crippen molar-refractivity contribution in [2.24, 2.45) is 17.8 Å². The molecule has 0 radical (unpaired) electrons. The van der Waals surface area contributed by atoms with Crippen LogP contribution in [0.15, 0.2) is 0 Å². The lowest BCUT2D eigenvalue weighted by molar-refractivity contribution is -0.192. The van der Waals surface area contributed by atoms with E-state index in [2.05, 4.69) is 0 Å². The van der Waals surface area contributed by atoms with Gasteiger partial charge in [-0.3, -0.25) is 4.79 Å². The van der Waals surface area contributed by atoms with Crippen molar-refractivity contribution in [3.8, 4) is 0 Å². The van der Waals surface area contributed by atoms with Crippen LogP contribution in [0.25, 0.3) is 0 Å². The first-order valence-electron chi connectivity index (χ1n) is 13.1. The Morgan fingerprint density at radius 3 is 2.33 bits per heavy atom. The van der Waals surface area contributed by atoms with Crippen LogP contribution in [0.4, 0.5) is 18.0 Å². The molecule has 4 rings (SSSR count). The highest BCUT2D eigenvalue weighted by Gasteiger charge is 2.52. The van der Waals surface area contributed by atoms with Crippen LogP contribution in [0.5, 0.6) is 0 Å². The van der Waals surface area contributed by atoms with Gasteiger partial charge < -0.3 is 14.5 Å². The predicted molar refractivity (Wildman–Crippen MR) is 126 cm³/mol. The zero-order valence-corrected chi connectivity index (χ0v) is 22.1. The second-order valence-electron chi connectivity index (χ2n) is 11.0. The molecule has 2 aliphatic carbocycles. The minimum atomic E-state index is -4.39. The first-order valence-corrected chi connectivity index (χ1v) is 14.7. The SMILES string of the molecule is CCOC(=O)N1C[C@H](C)N(C(C)=O)C2CCC(C3CC(N4CCCS4(=O)=O)CC(C(F)(F)F)C3)CC21. The van der Waals surface area contributed by atoms with Gasteiger partial charge in [0, 0.05) is 32.1 Å². The summed E-state index contributed by atoms with van der Waals surface area (Å²) in [5, 5.41) is 0. The number of amides is 2. The van der Waals surface area contributed by atoms with Gasteiger partial charge in [-0.2, -0.15) is 17.5 Å². The highest BCUT2D eigenvalue weighted by molar-refractivity contribution is 7.89. The Labute approximate surface area is 211 Å². The molecule has 7 atom stereocenters. The summed E-state index contributed by atoms with van der Waals surface area (Å²) >= 11 is 0. The summed E-state index contributed by atoms with van der Waals surface area (Å²) in [6.45, 7) is 5.93. The molecule has 0 aromatic carbocycles. The quantitative estimate of drug-likeness (QED) is 0.549. The molecule has 0 N–H and O–H groups in total. The zero-order chi connectivity index (χ0) is 26.4. The number of hydrogen-bond acceptors (Lipinski definition) is 5. The summed E-state index contributed by atoms with van der Waals surface area (Å²) in [5.41, 5.74) is 0. The molecule has 0 aromatic rings. The van der Waals surface area contributed by atoms with Gasteiger partial charge in [0.1, 0.15) is 0 Å². The monoisotopic (exact) mass is 537 g/mol. The van der Waals surface area contributed by atoms with Crippen LogP contribution in [-0.2, 0) is 19.6 Å². The number of piperazine rings is 1. The van der Waals surface area contributed by atoms with Gasteiger partial charge in [0.15, 0.2) is 0 Å². The standard InChI is InChI=1S/C24H38F3N3O5S/c1-4-35-23(32)28-14-15(2)30(16(3)31)21-7-6-17(12-22(21)28)18-10-19(24(25,26)27)13-20(11-18)29-8-5-9-36(29,33)34/h15,17-22H,4-14H2,1-3H3/t15-,17?,18?,19?,20?,21?,22?/m0/s1. The molecule has 6 unspecified atom stereocenters. The third-order valence-electron chi connectivity index (χ3n) is 8.77. The molecule has 2 saturated carbocycles. The average Bonchev–Trinajstić information content (AvgIpc) is 3.16. The lowest BCUT2D eigenvalue weighted by atomic mass is 9.66. The topological polar surface area (TPSA) is 87.2 Å². The van der Waals surface area contributed by atoms with Crippen LogP contribution in [0, 0.1) is 17.8 Å². The molecule has 0 spiro atoms. The van der Waals surface area contributed by atoms with E-state index in [1.54, 1.807) is 11.8 Å². The number of rotatable bonds is 3. The van der Waals surface area contributed by atoms with Gasteiger partial charge >= 0.3 is 12.3 Å². The summed E-state index contributed by atoms with van der Waals surface area (Å²) < 4.78 is 73.6. The molecular formula is C24H38F3N3O5S. The first-order chi connectivity index (χ1) is 16.8. The van der Waals surface area contributed by atoms with Crippen molar-refractivity contribution >= 4 is 22.0 Å². The normalized spacial score (nSPS) is 37.4. The molecule has 2 heterocycles. The van der Waals surface area contributed by atoms with E-state index in [4.69, 9.17) is 4.74 Å². The molecule has 8 nitrogen and oxygen atoms in total. The molecule has 12 heteroatoms. The second kappa shape index (κ2) is 10.3. The first kappa shape index (κ1) is 27.5. The molecule has 2 saturated heterocycles. The number of hydrogen-bond donors (Lipinski definition) is 0. The second-order valence-corrected chi connectivity index (χ2v) is 13.0. The van der Waals surface area contributed by atoms with E-state index in [-0.39, 0.29) is 67.6 Å². The minimum Gasteiger partial charge on any atom is -0.450 e. The maximum absolute atomic E-state index is 14.0. The van der Waals surface area contributed by atoms with E-state index in [0.717, 1.165) is 0 Å².